The Bertz CT molecular complexity index is 506. The van der Waals surface area contributed by atoms with Crippen LogP contribution < -0.4 is 4.74 Å². The molecule has 2 heterocycles. The van der Waals surface area contributed by atoms with E-state index in [-0.39, 0.29) is 12.0 Å². The number of methoxy groups -OCH3 is 1. The van der Waals surface area contributed by atoms with Gasteiger partial charge in [0.1, 0.15) is 11.9 Å². The number of hydrogen-bond acceptors (Lipinski definition) is 4. The molecule has 22 heavy (non-hydrogen) atoms. The van der Waals surface area contributed by atoms with Crippen molar-refractivity contribution in [3.8, 4) is 5.75 Å². The molecule has 0 bridgehead atoms. The van der Waals surface area contributed by atoms with Crippen LogP contribution in [0.15, 0.2) is 24.3 Å². The van der Waals surface area contributed by atoms with Crippen LogP contribution in [0.25, 0.3) is 0 Å². The normalized spacial score (nSPS) is 22.8. The summed E-state index contributed by atoms with van der Waals surface area (Å²) in [6, 6.07) is 8.17. The summed E-state index contributed by atoms with van der Waals surface area (Å²) < 4.78 is 10.8. The molecule has 1 atom stereocenters. The molecule has 1 aromatic carbocycles. The van der Waals surface area contributed by atoms with Gasteiger partial charge in [0.2, 0.25) is 0 Å². The van der Waals surface area contributed by atoms with Crippen LogP contribution in [0.3, 0.4) is 0 Å². The zero-order valence-electron chi connectivity index (χ0n) is 13.2. The molecule has 0 spiro atoms. The van der Waals surface area contributed by atoms with E-state index in [4.69, 9.17) is 9.47 Å². The van der Waals surface area contributed by atoms with Gasteiger partial charge < -0.3 is 14.4 Å². The van der Waals surface area contributed by atoms with Gasteiger partial charge in [0, 0.05) is 39.3 Å². The lowest BCUT2D eigenvalue weighted by molar-refractivity contribution is -0.142. The zero-order valence-corrected chi connectivity index (χ0v) is 13.2. The highest BCUT2D eigenvalue weighted by atomic mass is 16.5. The Hall–Kier alpha value is -1.59. The molecule has 2 fully saturated rings. The zero-order chi connectivity index (χ0) is 15.4. The summed E-state index contributed by atoms with van der Waals surface area (Å²) in [7, 11) is 1.69. The minimum atomic E-state index is -0.190. The molecule has 1 amide bonds. The lowest BCUT2D eigenvalue weighted by Gasteiger charge is -2.35. The van der Waals surface area contributed by atoms with Crippen molar-refractivity contribution in [2.75, 3.05) is 39.9 Å². The fourth-order valence-corrected chi connectivity index (χ4v) is 3.13. The molecule has 5 heteroatoms. The Morgan fingerprint density at radius 1 is 1.32 bits per heavy atom. The van der Waals surface area contributed by atoms with Crippen molar-refractivity contribution < 1.29 is 14.3 Å². The van der Waals surface area contributed by atoms with E-state index in [2.05, 4.69) is 17.0 Å². The standard InChI is InChI=1S/C17H24N2O3/c1-21-15-5-2-4-14(12-15)13-18-7-9-19(10-8-18)17(20)16-6-3-11-22-16/h2,4-5,12,16H,3,6-11,13H2,1H3/t16-/m0/s1. The lowest BCUT2D eigenvalue weighted by Crippen LogP contribution is -2.51. The summed E-state index contributed by atoms with van der Waals surface area (Å²) in [6.07, 6.45) is 1.69. The number of amides is 1. The largest absolute Gasteiger partial charge is 0.497 e. The van der Waals surface area contributed by atoms with Crippen LogP contribution in [-0.2, 0) is 16.1 Å². The second-order valence-corrected chi connectivity index (χ2v) is 5.95. The van der Waals surface area contributed by atoms with Crippen LogP contribution in [0.5, 0.6) is 5.75 Å². The third-order valence-corrected chi connectivity index (χ3v) is 4.43. The Morgan fingerprint density at radius 2 is 2.14 bits per heavy atom. The van der Waals surface area contributed by atoms with Crippen LogP contribution in [0.2, 0.25) is 0 Å². The molecular weight excluding hydrogens is 280 g/mol. The van der Waals surface area contributed by atoms with Crippen molar-refractivity contribution in [2.24, 2.45) is 0 Å². The van der Waals surface area contributed by atoms with E-state index in [1.807, 2.05) is 17.0 Å². The van der Waals surface area contributed by atoms with Crippen LogP contribution in [-0.4, -0.2) is 61.7 Å². The molecule has 0 unspecified atom stereocenters. The first kappa shape index (κ1) is 15.3. The Labute approximate surface area is 131 Å². The van der Waals surface area contributed by atoms with Crippen LogP contribution in [0.1, 0.15) is 18.4 Å². The second-order valence-electron chi connectivity index (χ2n) is 5.95. The Balaban J connectivity index is 1.49. The first-order chi connectivity index (χ1) is 10.8. The summed E-state index contributed by atoms with van der Waals surface area (Å²) in [5, 5.41) is 0. The summed E-state index contributed by atoms with van der Waals surface area (Å²) in [5.41, 5.74) is 1.25. The highest BCUT2D eigenvalue weighted by molar-refractivity contribution is 5.81. The summed E-state index contributed by atoms with van der Waals surface area (Å²) in [6.45, 7) is 5.04. The van der Waals surface area contributed by atoms with Crippen molar-refractivity contribution >= 4 is 5.91 Å². The van der Waals surface area contributed by atoms with Crippen molar-refractivity contribution in [3.63, 3.8) is 0 Å². The van der Waals surface area contributed by atoms with Gasteiger partial charge in [-0.2, -0.15) is 0 Å². The molecule has 5 nitrogen and oxygen atoms in total. The highest BCUT2D eigenvalue weighted by Gasteiger charge is 2.30. The number of carbonyl (C=O) groups is 1. The van der Waals surface area contributed by atoms with E-state index in [1.54, 1.807) is 7.11 Å². The van der Waals surface area contributed by atoms with E-state index in [1.165, 1.54) is 5.56 Å². The van der Waals surface area contributed by atoms with Crippen LogP contribution in [0, 0.1) is 0 Å². The van der Waals surface area contributed by atoms with Crippen molar-refractivity contribution in [3.05, 3.63) is 29.8 Å². The average Bonchev–Trinajstić information content (AvgIpc) is 3.09. The molecule has 2 aliphatic rings. The Kier molecular flexibility index (Phi) is 4.95. The van der Waals surface area contributed by atoms with E-state index >= 15 is 0 Å². The molecule has 2 aliphatic heterocycles. The maximum absolute atomic E-state index is 12.3. The molecular formula is C17H24N2O3. The van der Waals surface area contributed by atoms with E-state index in [0.29, 0.717) is 0 Å². The minimum Gasteiger partial charge on any atom is -0.497 e. The van der Waals surface area contributed by atoms with Crippen molar-refractivity contribution in [2.45, 2.75) is 25.5 Å². The molecule has 2 saturated heterocycles. The summed E-state index contributed by atoms with van der Waals surface area (Å²) in [5.74, 6) is 1.07. The van der Waals surface area contributed by atoms with Gasteiger partial charge in [-0.05, 0) is 30.5 Å². The molecule has 0 aliphatic carbocycles. The number of benzene rings is 1. The average molecular weight is 304 g/mol. The molecule has 0 saturated carbocycles. The summed E-state index contributed by atoms with van der Waals surface area (Å²) >= 11 is 0. The van der Waals surface area contributed by atoms with E-state index in [0.717, 1.165) is 57.9 Å². The first-order valence-electron chi connectivity index (χ1n) is 8.02. The fourth-order valence-electron chi connectivity index (χ4n) is 3.13. The highest BCUT2D eigenvalue weighted by Crippen LogP contribution is 2.18. The molecule has 1 aromatic rings. The molecule has 0 aromatic heterocycles. The van der Waals surface area contributed by atoms with Crippen molar-refractivity contribution in [1.82, 2.24) is 9.80 Å². The van der Waals surface area contributed by atoms with Gasteiger partial charge >= 0.3 is 0 Å². The van der Waals surface area contributed by atoms with Gasteiger partial charge in [-0.15, -0.1) is 0 Å². The number of carbonyl (C=O) groups excluding carboxylic acids is 1. The molecule has 0 N–H and O–H groups in total. The Morgan fingerprint density at radius 3 is 2.82 bits per heavy atom. The molecule has 3 rings (SSSR count). The smallest absolute Gasteiger partial charge is 0.251 e. The molecule has 0 radical (unpaired) electrons. The van der Waals surface area contributed by atoms with Gasteiger partial charge in [0.05, 0.1) is 7.11 Å². The van der Waals surface area contributed by atoms with E-state index in [9.17, 15) is 4.79 Å². The molecule has 120 valence electrons. The monoisotopic (exact) mass is 304 g/mol. The van der Waals surface area contributed by atoms with Crippen molar-refractivity contribution in [1.29, 1.82) is 0 Å². The van der Waals surface area contributed by atoms with E-state index < -0.39 is 0 Å². The van der Waals surface area contributed by atoms with Gasteiger partial charge in [-0.3, -0.25) is 9.69 Å². The SMILES string of the molecule is COc1cccc(CN2CCN(C(=O)[C@@H]3CCCO3)CC2)c1. The minimum absolute atomic E-state index is 0.179. The maximum Gasteiger partial charge on any atom is 0.251 e. The third-order valence-electron chi connectivity index (χ3n) is 4.43. The second kappa shape index (κ2) is 7.11. The topological polar surface area (TPSA) is 42.0 Å². The van der Waals surface area contributed by atoms with Gasteiger partial charge in [-0.25, -0.2) is 0 Å². The number of nitrogens with zero attached hydrogens (tertiary/aromatic N) is 2. The number of piperazine rings is 1. The fraction of sp³-hybridized carbons (Fsp3) is 0.588. The van der Waals surface area contributed by atoms with Gasteiger partial charge in [0.15, 0.2) is 0 Å². The van der Waals surface area contributed by atoms with Crippen LogP contribution >= 0.6 is 0 Å². The quantitative estimate of drug-likeness (QED) is 0.846. The summed E-state index contributed by atoms with van der Waals surface area (Å²) in [4.78, 5) is 16.7. The lowest BCUT2D eigenvalue weighted by atomic mass is 10.1. The van der Waals surface area contributed by atoms with Crippen LogP contribution in [0.4, 0.5) is 0 Å². The maximum atomic E-state index is 12.3. The van der Waals surface area contributed by atoms with Gasteiger partial charge in [-0.1, -0.05) is 12.1 Å². The van der Waals surface area contributed by atoms with Gasteiger partial charge in [0.25, 0.3) is 5.91 Å². The number of ether oxygens (including phenoxy) is 2. The predicted molar refractivity (Wildman–Crippen MR) is 83.8 cm³/mol. The predicted octanol–water partition coefficient (Wildman–Crippen LogP) is 1.52. The first-order valence-corrected chi connectivity index (χ1v) is 8.02. The number of rotatable bonds is 4. The number of hydrogen-bond donors (Lipinski definition) is 0. The third kappa shape index (κ3) is 3.59.